The highest BCUT2D eigenvalue weighted by molar-refractivity contribution is 7.80. The van der Waals surface area contributed by atoms with Crippen molar-refractivity contribution in [2.75, 3.05) is 6.61 Å². The molecule has 1 unspecified atom stereocenters. The van der Waals surface area contributed by atoms with E-state index in [9.17, 15) is 4.79 Å². The Morgan fingerprint density at radius 1 is 1.64 bits per heavy atom. The zero-order valence-electron chi connectivity index (χ0n) is 5.96. The van der Waals surface area contributed by atoms with Gasteiger partial charge in [-0.05, 0) is 25.1 Å². The van der Waals surface area contributed by atoms with Crippen LogP contribution < -0.4 is 10.6 Å². The monoisotopic (exact) mass is 174 g/mol. The van der Waals surface area contributed by atoms with Crippen molar-refractivity contribution in [3.8, 4) is 0 Å². The van der Waals surface area contributed by atoms with Gasteiger partial charge in [0.15, 0.2) is 5.11 Å². The predicted molar refractivity (Wildman–Crippen MR) is 44.0 cm³/mol. The molecule has 1 amide bonds. The summed E-state index contributed by atoms with van der Waals surface area (Å²) in [5.74, 6) is -0.0940. The molecule has 1 rings (SSSR count). The summed E-state index contributed by atoms with van der Waals surface area (Å²) in [4.78, 5) is 10.9. The molecule has 3 N–H and O–H groups in total. The van der Waals surface area contributed by atoms with Crippen molar-refractivity contribution in [1.29, 1.82) is 0 Å². The highest BCUT2D eigenvalue weighted by Crippen LogP contribution is 2.01. The first-order valence-electron chi connectivity index (χ1n) is 3.46. The van der Waals surface area contributed by atoms with Crippen LogP contribution >= 0.6 is 12.2 Å². The molecule has 1 fully saturated rings. The highest BCUT2D eigenvalue weighted by Gasteiger charge is 2.25. The van der Waals surface area contributed by atoms with Crippen LogP contribution in [0.15, 0.2) is 0 Å². The van der Waals surface area contributed by atoms with Gasteiger partial charge in [-0.25, -0.2) is 0 Å². The first-order chi connectivity index (χ1) is 5.24. The highest BCUT2D eigenvalue weighted by atomic mass is 32.1. The van der Waals surface area contributed by atoms with Crippen LogP contribution in [0.25, 0.3) is 0 Å². The van der Waals surface area contributed by atoms with Gasteiger partial charge in [-0.2, -0.15) is 0 Å². The van der Waals surface area contributed by atoms with Gasteiger partial charge in [0.1, 0.15) is 6.04 Å². The number of aliphatic hydroxyl groups excluding tert-OH is 1. The first kappa shape index (κ1) is 8.42. The molecule has 0 radical (unpaired) electrons. The van der Waals surface area contributed by atoms with Crippen LogP contribution in [-0.4, -0.2) is 28.8 Å². The molecule has 0 aromatic carbocycles. The van der Waals surface area contributed by atoms with E-state index >= 15 is 0 Å². The minimum atomic E-state index is -0.241. The van der Waals surface area contributed by atoms with Gasteiger partial charge in [0.2, 0.25) is 5.91 Å². The lowest BCUT2D eigenvalue weighted by atomic mass is 10.2. The van der Waals surface area contributed by atoms with E-state index in [1.54, 1.807) is 0 Å². The number of hydrogen-bond acceptors (Lipinski definition) is 3. The van der Waals surface area contributed by atoms with Crippen molar-refractivity contribution < 1.29 is 9.90 Å². The maximum absolute atomic E-state index is 10.9. The Morgan fingerprint density at radius 3 is 2.82 bits per heavy atom. The summed E-state index contributed by atoms with van der Waals surface area (Å²) in [6.45, 7) is 0.109. The molecular weight excluding hydrogens is 164 g/mol. The van der Waals surface area contributed by atoms with Crippen LogP contribution in [0.4, 0.5) is 0 Å². The third-order valence-corrected chi connectivity index (χ3v) is 1.73. The molecule has 0 aliphatic carbocycles. The number of rotatable bonds is 3. The second-order valence-corrected chi connectivity index (χ2v) is 2.79. The van der Waals surface area contributed by atoms with Gasteiger partial charge < -0.3 is 15.7 Å². The minimum absolute atomic E-state index is 0.0940. The molecule has 0 spiro atoms. The fraction of sp³-hybridized carbons (Fsp3) is 0.667. The summed E-state index contributed by atoms with van der Waals surface area (Å²) in [7, 11) is 0. The summed E-state index contributed by atoms with van der Waals surface area (Å²) < 4.78 is 0. The molecule has 0 aromatic rings. The molecule has 1 aliphatic heterocycles. The third kappa shape index (κ3) is 2.13. The smallest absolute Gasteiger partial charge is 0.248 e. The Labute approximate surface area is 70.0 Å². The summed E-state index contributed by atoms with van der Waals surface area (Å²) in [5.41, 5.74) is 0. The Kier molecular flexibility index (Phi) is 2.78. The molecule has 1 atom stereocenters. The van der Waals surface area contributed by atoms with Gasteiger partial charge >= 0.3 is 0 Å². The molecule has 11 heavy (non-hydrogen) atoms. The number of thiocarbonyl (C=S) groups is 1. The number of hydrogen-bond donors (Lipinski definition) is 3. The molecular formula is C6H10N2O2S. The normalized spacial score (nSPS) is 23.2. The molecule has 5 heteroatoms. The number of carbonyl (C=O) groups is 1. The van der Waals surface area contributed by atoms with Crippen molar-refractivity contribution in [3.05, 3.63) is 0 Å². The van der Waals surface area contributed by atoms with E-state index in [0.717, 1.165) is 0 Å². The molecule has 0 saturated carbocycles. The average molecular weight is 174 g/mol. The Hall–Kier alpha value is -0.680. The number of aliphatic hydroxyl groups is 1. The van der Waals surface area contributed by atoms with Gasteiger partial charge in [0.25, 0.3) is 0 Å². The lowest BCUT2D eigenvalue weighted by molar-refractivity contribution is -0.120. The van der Waals surface area contributed by atoms with Crippen LogP contribution in [-0.2, 0) is 4.79 Å². The van der Waals surface area contributed by atoms with E-state index in [1.807, 2.05) is 0 Å². The standard InChI is InChI=1S/C6H10N2O2S/c9-3-1-2-4-5(10)8-6(11)7-4/h4,9H,1-3H2,(H2,7,8,10,11). The van der Waals surface area contributed by atoms with Gasteiger partial charge in [0, 0.05) is 6.61 Å². The maximum Gasteiger partial charge on any atom is 0.248 e. The minimum Gasteiger partial charge on any atom is -0.396 e. The van der Waals surface area contributed by atoms with E-state index in [4.69, 9.17) is 17.3 Å². The summed E-state index contributed by atoms with van der Waals surface area (Å²) in [6, 6.07) is -0.241. The van der Waals surface area contributed by atoms with Crippen molar-refractivity contribution in [3.63, 3.8) is 0 Å². The van der Waals surface area contributed by atoms with Gasteiger partial charge in [-0.15, -0.1) is 0 Å². The predicted octanol–water partition coefficient (Wildman–Crippen LogP) is -0.868. The second-order valence-electron chi connectivity index (χ2n) is 2.38. The van der Waals surface area contributed by atoms with Gasteiger partial charge in [-0.3, -0.25) is 4.79 Å². The van der Waals surface area contributed by atoms with E-state index in [1.165, 1.54) is 0 Å². The number of amides is 1. The van der Waals surface area contributed by atoms with Crippen LogP contribution in [0, 0.1) is 0 Å². The first-order valence-corrected chi connectivity index (χ1v) is 3.87. The molecule has 1 heterocycles. The second kappa shape index (κ2) is 3.64. The lowest BCUT2D eigenvalue weighted by Gasteiger charge is -2.04. The molecule has 4 nitrogen and oxygen atoms in total. The fourth-order valence-electron chi connectivity index (χ4n) is 0.958. The number of nitrogens with one attached hydrogen (secondary N) is 2. The van der Waals surface area contributed by atoms with E-state index in [-0.39, 0.29) is 18.6 Å². The van der Waals surface area contributed by atoms with Crippen LogP contribution in [0.3, 0.4) is 0 Å². The van der Waals surface area contributed by atoms with E-state index in [2.05, 4.69) is 10.6 Å². The Balaban J connectivity index is 2.34. The van der Waals surface area contributed by atoms with Crippen LogP contribution in [0.5, 0.6) is 0 Å². The Morgan fingerprint density at radius 2 is 2.36 bits per heavy atom. The summed E-state index contributed by atoms with van der Waals surface area (Å²) in [6.07, 6.45) is 1.25. The van der Waals surface area contributed by atoms with Crippen molar-refractivity contribution in [1.82, 2.24) is 10.6 Å². The largest absolute Gasteiger partial charge is 0.396 e. The van der Waals surface area contributed by atoms with Crippen molar-refractivity contribution in [2.45, 2.75) is 18.9 Å². The molecule has 0 aromatic heterocycles. The zero-order valence-corrected chi connectivity index (χ0v) is 6.78. The molecule has 1 saturated heterocycles. The summed E-state index contributed by atoms with van der Waals surface area (Å²) >= 11 is 4.72. The van der Waals surface area contributed by atoms with E-state index in [0.29, 0.717) is 18.0 Å². The Bertz CT molecular complexity index is 183. The topological polar surface area (TPSA) is 61.4 Å². The zero-order chi connectivity index (χ0) is 8.27. The maximum atomic E-state index is 10.9. The van der Waals surface area contributed by atoms with Gasteiger partial charge in [-0.1, -0.05) is 0 Å². The molecule has 0 bridgehead atoms. The molecule has 1 aliphatic rings. The lowest BCUT2D eigenvalue weighted by Crippen LogP contribution is -2.28. The quantitative estimate of drug-likeness (QED) is 0.487. The van der Waals surface area contributed by atoms with Crippen molar-refractivity contribution in [2.24, 2.45) is 0 Å². The van der Waals surface area contributed by atoms with Crippen LogP contribution in [0.1, 0.15) is 12.8 Å². The van der Waals surface area contributed by atoms with Crippen LogP contribution in [0.2, 0.25) is 0 Å². The van der Waals surface area contributed by atoms with E-state index < -0.39 is 0 Å². The number of carbonyl (C=O) groups excluding carboxylic acids is 1. The SMILES string of the molecule is O=C1NC(=S)NC1CCCO. The fourth-order valence-corrected chi connectivity index (χ4v) is 1.20. The molecule has 62 valence electrons. The average Bonchev–Trinajstić information content (AvgIpc) is 2.26. The van der Waals surface area contributed by atoms with Crippen molar-refractivity contribution >= 4 is 23.2 Å². The summed E-state index contributed by atoms with van der Waals surface area (Å²) in [5, 5.41) is 14.1. The third-order valence-electron chi connectivity index (χ3n) is 1.51. The van der Waals surface area contributed by atoms with Gasteiger partial charge in [0.05, 0.1) is 0 Å².